The molecule has 2 rings (SSSR count). The van der Waals surface area contributed by atoms with Crippen molar-refractivity contribution in [1.82, 2.24) is 0 Å². The smallest absolute Gasteiger partial charge is 0.310 e. The van der Waals surface area contributed by atoms with Crippen molar-refractivity contribution in [3.05, 3.63) is 33.8 Å². The molecule has 0 spiro atoms. The van der Waals surface area contributed by atoms with Gasteiger partial charge < -0.3 is 10.5 Å². The van der Waals surface area contributed by atoms with Crippen molar-refractivity contribution >= 4 is 35.1 Å². The molecule has 2 atom stereocenters. The maximum Gasteiger partial charge on any atom is 0.310 e. The van der Waals surface area contributed by atoms with Crippen molar-refractivity contribution < 1.29 is 14.3 Å². The molecular formula is C12H11Cl2NO3. The molecule has 1 fully saturated rings. The highest BCUT2D eigenvalue weighted by Gasteiger charge is 2.46. The number of esters is 1. The van der Waals surface area contributed by atoms with Gasteiger partial charge >= 0.3 is 5.97 Å². The summed E-state index contributed by atoms with van der Waals surface area (Å²) in [5, 5.41) is 1.09. The Morgan fingerprint density at radius 2 is 2.11 bits per heavy atom. The molecule has 0 bridgehead atoms. The van der Waals surface area contributed by atoms with Crippen LogP contribution in [0, 0.1) is 5.92 Å². The molecule has 0 saturated heterocycles. The van der Waals surface area contributed by atoms with Gasteiger partial charge in [-0.25, -0.2) is 0 Å². The number of primary amides is 1. The predicted octanol–water partition coefficient (Wildman–Crippen LogP) is 2.13. The van der Waals surface area contributed by atoms with E-state index in [-0.39, 0.29) is 18.4 Å². The molecule has 0 unspecified atom stereocenters. The van der Waals surface area contributed by atoms with Crippen LogP contribution >= 0.6 is 23.2 Å². The summed E-state index contributed by atoms with van der Waals surface area (Å²) in [7, 11) is 0. The minimum absolute atomic E-state index is 0.0372. The second-order valence-corrected chi connectivity index (χ2v) is 5.03. The van der Waals surface area contributed by atoms with Gasteiger partial charge in [-0.15, -0.1) is 0 Å². The number of carbonyl (C=O) groups excluding carboxylic acids is 2. The zero-order chi connectivity index (χ0) is 13.3. The third-order valence-electron chi connectivity index (χ3n) is 2.81. The van der Waals surface area contributed by atoms with Crippen LogP contribution in [-0.2, 0) is 14.3 Å². The van der Waals surface area contributed by atoms with Crippen LogP contribution in [0.5, 0.6) is 0 Å². The van der Waals surface area contributed by atoms with Gasteiger partial charge in [-0.1, -0.05) is 29.3 Å². The Bertz CT molecular complexity index is 504. The SMILES string of the molecule is NC(=O)COC(=O)[C@@H]1C[C@@H]1c1ccc(Cl)cc1Cl. The van der Waals surface area contributed by atoms with E-state index >= 15 is 0 Å². The fourth-order valence-electron chi connectivity index (χ4n) is 1.85. The number of amides is 1. The Morgan fingerprint density at radius 1 is 1.39 bits per heavy atom. The molecule has 0 aromatic heterocycles. The normalized spacial score (nSPS) is 21.4. The lowest BCUT2D eigenvalue weighted by Crippen LogP contribution is -2.21. The van der Waals surface area contributed by atoms with Crippen LogP contribution in [0.25, 0.3) is 0 Å². The maximum atomic E-state index is 11.6. The molecule has 1 aliphatic carbocycles. The van der Waals surface area contributed by atoms with Gasteiger partial charge in [0.2, 0.25) is 0 Å². The van der Waals surface area contributed by atoms with Crippen molar-refractivity contribution in [3.8, 4) is 0 Å². The number of hydrogen-bond donors (Lipinski definition) is 1. The maximum absolute atomic E-state index is 11.6. The highest BCUT2D eigenvalue weighted by Crippen LogP contribution is 2.50. The zero-order valence-corrected chi connectivity index (χ0v) is 10.9. The lowest BCUT2D eigenvalue weighted by Gasteiger charge is -2.04. The van der Waals surface area contributed by atoms with Crippen molar-refractivity contribution in [2.75, 3.05) is 6.61 Å². The average molecular weight is 288 g/mol. The summed E-state index contributed by atoms with van der Waals surface area (Å²) in [5.74, 6) is -1.28. The van der Waals surface area contributed by atoms with E-state index in [0.29, 0.717) is 16.5 Å². The van der Waals surface area contributed by atoms with Gasteiger partial charge in [0.15, 0.2) is 6.61 Å². The van der Waals surface area contributed by atoms with Crippen LogP contribution in [0.15, 0.2) is 18.2 Å². The fraction of sp³-hybridized carbons (Fsp3) is 0.333. The molecule has 4 nitrogen and oxygen atoms in total. The second-order valence-electron chi connectivity index (χ2n) is 4.19. The number of ether oxygens (including phenoxy) is 1. The average Bonchev–Trinajstić information content (AvgIpc) is 3.05. The molecule has 96 valence electrons. The van der Waals surface area contributed by atoms with Crippen LogP contribution < -0.4 is 5.73 Å². The van der Waals surface area contributed by atoms with E-state index in [0.717, 1.165) is 5.56 Å². The van der Waals surface area contributed by atoms with E-state index in [1.165, 1.54) is 0 Å². The molecule has 1 saturated carbocycles. The van der Waals surface area contributed by atoms with E-state index in [1.807, 2.05) is 0 Å². The largest absolute Gasteiger partial charge is 0.455 e. The Labute approximate surface area is 114 Å². The summed E-state index contributed by atoms with van der Waals surface area (Å²) < 4.78 is 4.76. The number of carbonyl (C=O) groups is 2. The first-order valence-electron chi connectivity index (χ1n) is 5.39. The monoisotopic (exact) mass is 287 g/mol. The summed E-state index contributed by atoms with van der Waals surface area (Å²) >= 11 is 11.8. The molecule has 2 N–H and O–H groups in total. The van der Waals surface area contributed by atoms with Crippen molar-refractivity contribution in [1.29, 1.82) is 0 Å². The quantitative estimate of drug-likeness (QED) is 0.863. The number of nitrogens with two attached hydrogens (primary N) is 1. The fourth-order valence-corrected chi connectivity index (χ4v) is 2.40. The molecule has 1 aliphatic rings. The molecule has 0 heterocycles. The summed E-state index contributed by atoms with van der Waals surface area (Å²) in [5.41, 5.74) is 5.77. The van der Waals surface area contributed by atoms with Crippen molar-refractivity contribution in [2.24, 2.45) is 11.7 Å². The molecular weight excluding hydrogens is 277 g/mol. The third-order valence-corrected chi connectivity index (χ3v) is 3.37. The van der Waals surface area contributed by atoms with Crippen molar-refractivity contribution in [3.63, 3.8) is 0 Å². The highest BCUT2D eigenvalue weighted by molar-refractivity contribution is 6.35. The Kier molecular flexibility index (Phi) is 3.78. The summed E-state index contributed by atoms with van der Waals surface area (Å²) in [6.45, 7) is -0.379. The van der Waals surface area contributed by atoms with Crippen LogP contribution in [0.1, 0.15) is 17.9 Å². The van der Waals surface area contributed by atoms with Gasteiger partial charge in [0.05, 0.1) is 5.92 Å². The van der Waals surface area contributed by atoms with Gasteiger partial charge in [-0.3, -0.25) is 9.59 Å². The molecule has 0 aliphatic heterocycles. The zero-order valence-electron chi connectivity index (χ0n) is 9.36. The third kappa shape index (κ3) is 2.94. The number of rotatable bonds is 4. The van der Waals surface area contributed by atoms with E-state index in [2.05, 4.69) is 0 Å². The van der Waals surface area contributed by atoms with Gasteiger partial charge in [0, 0.05) is 10.0 Å². The van der Waals surface area contributed by atoms with Crippen LogP contribution in [0.2, 0.25) is 10.0 Å². The van der Waals surface area contributed by atoms with E-state index in [9.17, 15) is 9.59 Å². The molecule has 0 radical (unpaired) electrons. The summed E-state index contributed by atoms with van der Waals surface area (Å²) in [6, 6.07) is 5.17. The molecule has 1 aromatic rings. The van der Waals surface area contributed by atoms with Gasteiger partial charge in [0.1, 0.15) is 0 Å². The lowest BCUT2D eigenvalue weighted by atomic mass is 10.1. The number of hydrogen-bond acceptors (Lipinski definition) is 3. The molecule has 1 amide bonds. The molecule has 6 heteroatoms. The summed E-state index contributed by atoms with van der Waals surface area (Å²) in [4.78, 5) is 22.1. The van der Waals surface area contributed by atoms with Gasteiger partial charge in [-0.2, -0.15) is 0 Å². The standard InChI is InChI=1S/C12H11Cl2NO3/c13-6-1-2-7(10(14)3-6)8-4-9(8)12(17)18-5-11(15)16/h1-3,8-9H,4-5H2,(H2,15,16)/t8-,9-/m1/s1. The van der Waals surface area contributed by atoms with Crippen LogP contribution in [0.4, 0.5) is 0 Å². The Morgan fingerprint density at radius 3 is 2.72 bits per heavy atom. The van der Waals surface area contributed by atoms with E-state index < -0.39 is 11.9 Å². The summed E-state index contributed by atoms with van der Waals surface area (Å²) in [6.07, 6.45) is 0.666. The predicted molar refractivity (Wildman–Crippen MR) is 67.5 cm³/mol. The van der Waals surface area contributed by atoms with Crippen LogP contribution in [0.3, 0.4) is 0 Å². The Balaban J connectivity index is 1.98. The highest BCUT2D eigenvalue weighted by atomic mass is 35.5. The minimum Gasteiger partial charge on any atom is -0.455 e. The first kappa shape index (κ1) is 13.2. The van der Waals surface area contributed by atoms with Gasteiger partial charge in [0.25, 0.3) is 5.91 Å². The number of benzene rings is 1. The van der Waals surface area contributed by atoms with Crippen LogP contribution in [-0.4, -0.2) is 18.5 Å². The molecule has 1 aromatic carbocycles. The van der Waals surface area contributed by atoms with E-state index in [4.69, 9.17) is 33.7 Å². The minimum atomic E-state index is -0.662. The lowest BCUT2D eigenvalue weighted by molar-refractivity contribution is -0.149. The molecule has 18 heavy (non-hydrogen) atoms. The van der Waals surface area contributed by atoms with Crippen molar-refractivity contribution in [2.45, 2.75) is 12.3 Å². The Hall–Kier alpha value is -1.26. The number of halogens is 2. The second kappa shape index (κ2) is 5.16. The first-order valence-corrected chi connectivity index (χ1v) is 6.14. The first-order chi connectivity index (χ1) is 8.49. The van der Waals surface area contributed by atoms with Gasteiger partial charge in [-0.05, 0) is 30.0 Å². The van der Waals surface area contributed by atoms with E-state index in [1.54, 1.807) is 18.2 Å². The topological polar surface area (TPSA) is 69.4 Å².